The molecule has 0 bridgehead atoms. The molecule has 0 aliphatic carbocycles. The average Bonchev–Trinajstić information content (AvgIpc) is 2.17. The van der Waals surface area contributed by atoms with Gasteiger partial charge in [-0.1, -0.05) is 0 Å². The first kappa shape index (κ1) is 13.7. The number of hydrogen-bond donors (Lipinski definition) is 1. The van der Waals surface area contributed by atoms with Gasteiger partial charge in [0.2, 0.25) is 11.4 Å². The van der Waals surface area contributed by atoms with Crippen LogP contribution < -0.4 is 4.74 Å². The van der Waals surface area contributed by atoms with Crippen LogP contribution in [0.25, 0.3) is 0 Å². The van der Waals surface area contributed by atoms with E-state index in [1.54, 1.807) is 0 Å². The molecule has 1 N–H and O–H groups in total. The minimum atomic E-state index is -5.17. The van der Waals surface area contributed by atoms with Crippen LogP contribution in [-0.4, -0.2) is 27.3 Å². The molecule has 18 heavy (non-hydrogen) atoms. The van der Waals surface area contributed by atoms with Gasteiger partial charge in [0.25, 0.3) is 0 Å². The van der Waals surface area contributed by atoms with Crippen LogP contribution in [0.15, 0.2) is 6.20 Å². The summed E-state index contributed by atoms with van der Waals surface area (Å²) in [6.45, 7) is 1.08. The van der Waals surface area contributed by atoms with Gasteiger partial charge in [-0.3, -0.25) is 10.1 Å². The highest BCUT2D eigenvalue weighted by atomic mass is 19.4. The van der Waals surface area contributed by atoms with Crippen molar-refractivity contribution in [1.82, 2.24) is 4.98 Å². The molecule has 0 aromatic carbocycles. The number of nitro groups is 1. The van der Waals surface area contributed by atoms with Crippen molar-refractivity contribution in [2.75, 3.05) is 0 Å². The second kappa shape index (κ2) is 4.47. The molecule has 1 heterocycles. The molecule has 1 aromatic heterocycles. The zero-order valence-electron chi connectivity index (χ0n) is 8.69. The predicted octanol–water partition coefficient (Wildman–Crippen LogP) is 1.90. The number of rotatable bonds is 3. The summed E-state index contributed by atoms with van der Waals surface area (Å²) in [5.74, 6) is -3.01. The Morgan fingerprint density at radius 1 is 1.56 bits per heavy atom. The van der Waals surface area contributed by atoms with E-state index < -0.39 is 34.4 Å². The van der Waals surface area contributed by atoms with Crippen molar-refractivity contribution in [1.29, 1.82) is 0 Å². The third-order valence-electron chi connectivity index (χ3n) is 1.79. The van der Waals surface area contributed by atoms with Crippen LogP contribution >= 0.6 is 0 Å². The first-order valence-electron chi connectivity index (χ1n) is 4.26. The van der Waals surface area contributed by atoms with Crippen LogP contribution in [0.5, 0.6) is 5.75 Å². The summed E-state index contributed by atoms with van der Waals surface area (Å²) in [5.41, 5.74) is -2.76. The van der Waals surface area contributed by atoms with E-state index in [0.29, 0.717) is 0 Å². The molecule has 0 unspecified atom stereocenters. The predicted molar refractivity (Wildman–Crippen MR) is 49.3 cm³/mol. The van der Waals surface area contributed by atoms with Gasteiger partial charge in [0.1, 0.15) is 0 Å². The molecule has 0 fully saturated rings. The maximum atomic E-state index is 12.1. The second-order valence-electron chi connectivity index (χ2n) is 3.08. The smallest absolute Gasteiger partial charge is 0.476 e. The molecular weight excluding hydrogens is 261 g/mol. The first-order valence-corrected chi connectivity index (χ1v) is 4.26. The lowest BCUT2D eigenvalue weighted by atomic mass is 10.2. The molecular formula is C8H5F3N2O5. The minimum absolute atomic E-state index is 0.302. The third-order valence-corrected chi connectivity index (χ3v) is 1.79. The van der Waals surface area contributed by atoms with Crippen molar-refractivity contribution in [3.63, 3.8) is 0 Å². The molecule has 7 nitrogen and oxygen atoms in total. The maximum Gasteiger partial charge on any atom is 0.573 e. The number of aromatic nitrogens is 1. The van der Waals surface area contributed by atoms with E-state index in [1.807, 2.05) is 0 Å². The zero-order valence-corrected chi connectivity index (χ0v) is 8.69. The number of ether oxygens (including phenoxy) is 1. The molecule has 1 rings (SSSR count). The number of halogens is 3. The number of carboxylic acids is 1. The lowest BCUT2D eigenvalue weighted by molar-refractivity contribution is -0.389. The van der Waals surface area contributed by atoms with Gasteiger partial charge in [0.05, 0.1) is 4.92 Å². The molecule has 0 radical (unpaired) electrons. The van der Waals surface area contributed by atoms with Crippen molar-refractivity contribution in [3.8, 4) is 5.75 Å². The van der Waals surface area contributed by atoms with Gasteiger partial charge in [-0.25, -0.2) is 9.78 Å². The molecule has 0 aliphatic rings. The summed E-state index contributed by atoms with van der Waals surface area (Å²) in [4.78, 5) is 23.2. The van der Waals surface area contributed by atoms with E-state index in [9.17, 15) is 28.1 Å². The van der Waals surface area contributed by atoms with Gasteiger partial charge >= 0.3 is 18.0 Å². The summed E-state index contributed by atoms with van der Waals surface area (Å²) in [7, 11) is 0. The van der Waals surface area contributed by atoms with Gasteiger partial charge in [0.15, 0.2) is 0 Å². The van der Waals surface area contributed by atoms with Gasteiger partial charge in [0, 0.05) is 11.8 Å². The van der Waals surface area contributed by atoms with Gasteiger partial charge in [-0.05, 0) is 6.92 Å². The van der Waals surface area contributed by atoms with Crippen LogP contribution in [0.2, 0.25) is 0 Å². The van der Waals surface area contributed by atoms with Crippen molar-refractivity contribution in [2.45, 2.75) is 13.3 Å². The average molecular weight is 266 g/mol. The maximum absolute atomic E-state index is 12.1. The number of carbonyl (C=O) groups is 1. The fourth-order valence-electron chi connectivity index (χ4n) is 1.15. The van der Waals surface area contributed by atoms with Crippen molar-refractivity contribution in [3.05, 3.63) is 27.6 Å². The molecule has 0 spiro atoms. The number of aromatic carboxylic acids is 1. The fraction of sp³-hybridized carbons (Fsp3) is 0.250. The zero-order chi connectivity index (χ0) is 14.1. The van der Waals surface area contributed by atoms with Crippen molar-refractivity contribution in [2.24, 2.45) is 0 Å². The Morgan fingerprint density at radius 3 is 2.50 bits per heavy atom. The highest BCUT2D eigenvalue weighted by Crippen LogP contribution is 2.36. The topological polar surface area (TPSA) is 103 Å². The molecule has 0 amide bonds. The standard InChI is InChI=1S/C8H5F3N2O5/c1-3-2-12-4(7(14)15)5(13(16)17)6(3)18-8(9,10)11/h2H,1H3,(H,14,15). The van der Waals surface area contributed by atoms with Crippen molar-refractivity contribution < 1.29 is 32.7 Å². The molecule has 0 aliphatic heterocycles. The monoisotopic (exact) mass is 266 g/mol. The van der Waals surface area contributed by atoms with Crippen LogP contribution in [0.3, 0.4) is 0 Å². The Morgan fingerprint density at radius 2 is 2.11 bits per heavy atom. The lowest BCUT2D eigenvalue weighted by Gasteiger charge is -2.11. The van der Waals surface area contributed by atoms with E-state index in [4.69, 9.17) is 5.11 Å². The third kappa shape index (κ3) is 2.84. The molecule has 0 saturated carbocycles. The summed E-state index contributed by atoms with van der Waals surface area (Å²) in [6, 6.07) is 0. The quantitative estimate of drug-likeness (QED) is 0.662. The van der Waals surface area contributed by atoms with Crippen LogP contribution in [-0.2, 0) is 0 Å². The summed E-state index contributed by atoms with van der Waals surface area (Å²) < 4.78 is 39.7. The Bertz CT molecular complexity index is 514. The van der Waals surface area contributed by atoms with Gasteiger partial charge in [-0.15, -0.1) is 13.2 Å². The Kier molecular flexibility index (Phi) is 3.39. The molecule has 98 valence electrons. The Balaban J connectivity index is 3.51. The number of hydrogen-bond acceptors (Lipinski definition) is 5. The Labute approximate surface area is 97.0 Å². The highest BCUT2D eigenvalue weighted by molar-refractivity contribution is 5.91. The van der Waals surface area contributed by atoms with E-state index in [-0.39, 0.29) is 5.56 Å². The van der Waals surface area contributed by atoms with E-state index in [2.05, 4.69) is 9.72 Å². The number of carboxylic acid groups (broad SMARTS) is 1. The number of alkyl halides is 3. The van der Waals surface area contributed by atoms with Crippen LogP contribution in [0.4, 0.5) is 18.9 Å². The number of pyridine rings is 1. The van der Waals surface area contributed by atoms with Crippen molar-refractivity contribution >= 4 is 11.7 Å². The number of nitrogens with zero attached hydrogens (tertiary/aromatic N) is 2. The largest absolute Gasteiger partial charge is 0.573 e. The highest BCUT2D eigenvalue weighted by Gasteiger charge is 2.38. The van der Waals surface area contributed by atoms with Gasteiger partial charge in [-0.2, -0.15) is 0 Å². The molecule has 10 heteroatoms. The Hall–Kier alpha value is -2.39. The van der Waals surface area contributed by atoms with Crippen LogP contribution in [0.1, 0.15) is 16.1 Å². The number of aryl methyl sites for hydroxylation is 1. The molecule has 0 saturated heterocycles. The lowest BCUT2D eigenvalue weighted by Crippen LogP contribution is -2.20. The summed E-state index contributed by atoms with van der Waals surface area (Å²) in [5, 5.41) is 19.3. The second-order valence-corrected chi connectivity index (χ2v) is 3.08. The first-order chi connectivity index (χ1) is 8.13. The van der Waals surface area contributed by atoms with Crippen LogP contribution in [0, 0.1) is 17.0 Å². The minimum Gasteiger partial charge on any atom is -0.476 e. The van der Waals surface area contributed by atoms with E-state index in [0.717, 1.165) is 13.1 Å². The fourth-order valence-corrected chi connectivity index (χ4v) is 1.15. The summed E-state index contributed by atoms with van der Waals surface area (Å²) >= 11 is 0. The van der Waals surface area contributed by atoms with E-state index >= 15 is 0 Å². The van der Waals surface area contributed by atoms with Gasteiger partial charge < -0.3 is 9.84 Å². The molecule has 0 atom stereocenters. The normalized spacial score (nSPS) is 11.1. The SMILES string of the molecule is Cc1cnc(C(=O)O)c([N+](=O)[O-])c1OC(F)(F)F. The molecule has 1 aromatic rings. The summed E-state index contributed by atoms with van der Waals surface area (Å²) in [6.07, 6.45) is -4.43. The van der Waals surface area contributed by atoms with E-state index in [1.165, 1.54) is 0 Å².